The molecule has 0 aliphatic carbocycles. The maximum Gasteiger partial charge on any atom is 0.356 e. The van der Waals surface area contributed by atoms with Crippen LogP contribution < -0.4 is 0 Å². The Morgan fingerprint density at radius 2 is 1.95 bits per heavy atom. The van der Waals surface area contributed by atoms with Gasteiger partial charge >= 0.3 is 5.97 Å². The molecule has 6 heteroatoms. The van der Waals surface area contributed by atoms with Crippen molar-refractivity contribution in [2.24, 2.45) is 0 Å². The summed E-state index contributed by atoms with van der Waals surface area (Å²) in [6.07, 6.45) is 0. The Bertz CT molecular complexity index is 647. The Kier molecular flexibility index (Phi) is 4.02. The SMILES string of the molecule is COC(=O)c1ccc(-c2cccc(Cl)c2Cl)c(F)n1. The summed E-state index contributed by atoms with van der Waals surface area (Å²) in [7, 11) is 1.20. The minimum atomic E-state index is -0.813. The molecule has 0 aliphatic heterocycles. The first-order chi connectivity index (χ1) is 9.04. The fourth-order valence-electron chi connectivity index (χ4n) is 1.57. The number of carbonyl (C=O) groups excluding carboxylic acids is 1. The van der Waals surface area contributed by atoms with Crippen molar-refractivity contribution in [3.05, 3.63) is 52.0 Å². The van der Waals surface area contributed by atoms with E-state index in [1.807, 2.05) is 0 Å². The highest BCUT2D eigenvalue weighted by atomic mass is 35.5. The summed E-state index contributed by atoms with van der Waals surface area (Å²) in [4.78, 5) is 14.8. The molecule has 0 bridgehead atoms. The second-order valence-corrected chi connectivity index (χ2v) is 4.41. The summed E-state index contributed by atoms with van der Waals surface area (Å²) in [6.45, 7) is 0. The number of halogens is 3. The summed E-state index contributed by atoms with van der Waals surface area (Å²) in [5, 5.41) is 0.547. The summed E-state index contributed by atoms with van der Waals surface area (Å²) in [5.41, 5.74) is 0.470. The predicted octanol–water partition coefficient (Wildman–Crippen LogP) is 3.98. The molecule has 0 atom stereocenters. The Balaban J connectivity index is 2.52. The number of methoxy groups -OCH3 is 1. The molecule has 19 heavy (non-hydrogen) atoms. The molecule has 0 fully saturated rings. The van der Waals surface area contributed by atoms with Gasteiger partial charge in [0.05, 0.1) is 17.2 Å². The van der Waals surface area contributed by atoms with E-state index in [-0.39, 0.29) is 16.3 Å². The van der Waals surface area contributed by atoms with Crippen LogP contribution in [0.4, 0.5) is 4.39 Å². The number of nitrogens with zero attached hydrogens (tertiary/aromatic N) is 1. The summed E-state index contributed by atoms with van der Waals surface area (Å²) < 4.78 is 18.4. The number of aromatic nitrogens is 1. The molecule has 0 amide bonds. The lowest BCUT2D eigenvalue weighted by atomic mass is 10.1. The van der Waals surface area contributed by atoms with Gasteiger partial charge in [0.2, 0.25) is 5.95 Å². The van der Waals surface area contributed by atoms with Gasteiger partial charge in [-0.3, -0.25) is 0 Å². The highest BCUT2D eigenvalue weighted by molar-refractivity contribution is 6.43. The summed E-state index contributed by atoms with van der Waals surface area (Å²) in [5.74, 6) is -1.52. The van der Waals surface area contributed by atoms with Crippen LogP contribution in [0.15, 0.2) is 30.3 Å². The minimum Gasteiger partial charge on any atom is -0.464 e. The predicted molar refractivity (Wildman–Crippen MR) is 71.0 cm³/mol. The zero-order valence-corrected chi connectivity index (χ0v) is 11.3. The van der Waals surface area contributed by atoms with Gasteiger partial charge in [-0.25, -0.2) is 9.78 Å². The third-order valence-corrected chi connectivity index (χ3v) is 3.30. The van der Waals surface area contributed by atoms with Gasteiger partial charge < -0.3 is 4.74 Å². The van der Waals surface area contributed by atoms with E-state index >= 15 is 0 Å². The van der Waals surface area contributed by atoms with Crippen LogP contribution in [0.3, 0.4) is 0 Å². The number of carbonyl (C=O) groups is 1. The zero-order chi connectivity index (χ0) is 14.0. The quantitative estimate of drug-likeness (QED) is 0.622. The molecule has 98 valence electrons. The maximum atomic E-state index is 13.9. The van der Waals surface area contributed by atoms with Gasteiger partial charge in [0.15, 0.2) is 5.69 Å². The first-order valence-electron chi connectivity index (χ1n) is 5.24. The third kappa shape index (κ3) is 2.69. The fraction of sp³-hybridized carbons (Fsp3) is 0.0769. The monoisotopic (exact) mass is 299 g/mol. The number of rotatable bonds is 2. The molecule has 3 nitrogen and oxygen atoms in total. The maximum absolute atomic E-state index is 13.9. The van der Waals surface area contributed by atoms with Crippen LogP contribution in [-0.4, -0.2) is 18.1 Å². The number of esters is 1. The van der Waals surface area contributed by atoms with Gasteiger partial charge in [-0.15, -0.1) is 0 Å². The van der Waals surface area contributed by atoms with Crippen molar-refractivity contribution < 1.29 is 13.9 Å². The Labute approximate surface area is 118 Å². The van der Waals surface area contributed by atoms with Crippen LogP contribution in [0.25, 0.3) is 11.1 Å². The molecule has 0 aliphatic rings. The van der Waals surface area contributed by atoms with Crippen LogP contribution in [0.1, 0.15) is 10.5 Å². The van der Waals surface area contributed by atoms with Crippen molar-refractivity contribution >= 4 is 29.2 Å². The molecule has 1 aromatic carbocycles. The minimum absolute atomic E-state index is 0.109. The van der Waals surface area contributed by atoms with E-state index in [1.165, 1.54) is 19.2 Å². The Morgan fingerprint density at radius 3 is 2.58 bits per heavy atom. The third-order valence-electron chi connectivity index (χ3n) is 2.49. The van der Waals surface area contributed by atoms with Crippen molar-refractivity contribution in [2.45, 2.75) is 0 Å². The molecular formula is C13H8Cl2FNO2. The molecule has 2 rings (SSSR count). The van der Waals surface area contributed by atoms with Crippen LogP contribution in [0.2, 0.25) is 10.0 Å². The fourth-order valence-corrected chi connectivity index (χ4v) is 1.97. The average molecular weight is 300 g/mol. The molecule has 0 spiro atoms. The molecule has 0 N–H and O–H groups in total. The normalized spacial score (nSPS) is 10.3. The van der Waals surface area contributed by atoms with Gasteiger partial charge in [-0.1, -0.05) is 35.3 Å². The number of benzene rings is 1. The van der Waals surface area contributed by atoms with Crippen molar-refractivity contribution in [2.75, 3.05) is 7.11 Å². The van der Waals surface area contributed by atoms with Gasteiger partial charge in [0.1, 0.15) is 0 Å². The lowest BCUT2D eigenvalue weighted by molar-refractivity contribution is 0.0592. The highest BCUT2D eigenvalue weighted by Crippen LogP contribution is 2.34. The van der Waals surface area contributed by atoms with Crippen LogP contribution >= 0.6 is 23.2 Å². The van der Waals surface area contributed by atoms with Crippen molar-refractivity contribution in [3.63, 3.8) is 0 Å². The zero-order valence-electron chi connectivity index (χ0n) is 9.78. The lowest BCUT2D eigenvalue weighted by Crippen LogP contribution is -2.06. The van der Waals surface area contributed by atoms with E-state index < -0.39 is 11.9 Å². The summed E-state index contributed by atoms with van der Waals surface area (Å²) >= 11 is 11.9. The summed E-state index contributed by atoms with van der Waals surface area (Å²) in [6, 6.07) is 7.64. The highest BCUT2D eigenvalue weighted by Gasteiger charge is 2.15. The molecule has 2 aromatic rings. The van der Waals surface area contributed by atoms with Crippen molar-refractivity contribution in [1.82, 2.24) is 4.98 Å². The molecule has 1 heterocycles. The van der Waals surface area contributed by atoms with Crippen LogP contribution in [0.5, 0.6) is 0 Å². The molecule has 0 unspecified atom stereocenters. The Morgan fingerprint density at radius 1 is 1.21 bits per heavy atom. The largest absolute Gasteiger partial charge is 0.464 e. The van der Waals surface area contributed by atoms with Gasteiger partial charge in [0.25, 0.3) is 0 Å². The van der Waals surface area contributed by atoms with E-state index in [1.54, 1.807) is 18.2 Å². The van der Waals surface area contributed by atoms with Gasteiger partial charge in [0, 0.05) is 11.1 Å². The van der Waals surface area contributed by atoms with E-state index in [2.05, 4.69) is 9.72 Å². The second kappa shape index (κ2) is 5.55. The van der Waals surface area contributed by atoms with E-state index in [9.17, 15) is 9.18 Å². The molecule has 0 radical (unpaired) electrons. The smallest absolute Gasteiger partial charge is 0.356 e. The van der Waals surface area contributed by atoms with E-state index in [0.717, 1.165) is 0 Å². The lowest BCUT2D eigenvalue weighted by Gasteiger charge is -2.07. The molecule has 0 saturated carbocycles. The van der Waals surface area contributed by atoms with Gasteiger partial charge in [-0.05, 0) is 18.2 Å². The molecule has 1 aromatic heterocycles. The first kappa shape index (κ1) is 13.8. The number of pyridine rings is 1. The standard InChI is InChI=1S/C13H8Cl2FNO2/c1-19-13(18)10-6-5-8(12(16)17-10)7-3-2-4-9(14)11(7)15/h2-6H,1H3. The van der Waals surface area contributed by atoms with Crippen molar-refractivity contribution in [3.8, 4) is 11.1 Å². The second-order valence-electron chi connectivity index (χ2n) is 3.63. The van der Waals surface area contributed by atoms with Gasteiger partial charge in [-0.2, -0.15) is 4.39 Å². The van der Waals surface area contributed by atoms with E-state index in [4.69, 9.17) is 23.2 Å². The van der Waals surface area contributed by atoms with E-state index in [0.29, 0.717) is 10.6 Å². The van der Waals surface area contributed by atoms with Crippen LogP contribution in [-0.2, 0) is 4.74 Å². The molecule has 0 saturated heterocycles. The number of ether oxygens (including phenoxy) is 1. The molecular weight excluding hydrogens is 292 g/mol. The first-order valence-corrected chi connectivity index (χ1v) is 5.99. The van der Waals surface area contributed by atoms with Crippen molar-refractivity contribution in [1.29, 1.82) is 0 Å². The van der Waals surface area contributed by atoms with Crippen LogP contribution in [0, 0.1) is 5.95 Å². The number of hydrogen-bond acceptors (Lipinski definition) is 3. The number of hydrogen-bond donors (Lipinski definition) is 0. The topological polar surface area (TPSA) is 39.2 Å². The Hall–Kier alpha value is -1.65. The average Bonchev–Trinajstić information content (AvgIpc) is 2.41.